The van der Waals surface area contributed by atoms with E-state index in [1.165, 1.54) is 0 Å². The molecule has 142 valence electrons. The van der Waals surface area contributed by atoms with Crippen LogP contribution in [0.3, 0.4) is 0 Å². The van der Waals surface area contributed by atoms with E-state index in [1.54, 1.807) is 40.3 Å². The molecule has 3 aromatic rings. The fourth-order valence-electron chi connectivity index (χ4n) is 3.35. The number of aromatic nitrogens is 3. The summed E-state index contributed by atoms with van der Waals surface area (Å²) < 4.78 is 1.64. The normalized spacial score (nSPS) is 14.6. The lowest BCUT2D eigenvalue weighted by Gasteiger charge is -2.31. The average molecular weight is 375 g/mol. The minimum atomic E-state index is -0.0791. The van der Waals surface area contributed by atoms with E-state index in [2.05, 4.69) is 15.4 Å². The molecule has 0 spiro atoms. The first kappa shape index (κ1) is 17.9. The van der Waals surface area contributed by atoms with Gasteiger partial charge < -0.3 is 10.2 Å². The van der Waals surface area contributed by atoms with Crippen molar-refractivity contribution in [1.82, 2.24) is 19.7 Å². The molecular weight excluding hydrogens is 354 g/mol. The fraction of sp³-hybridized carbons (Fsp3) is 0.238. The van der Waals surface area contributed by atoms with Crippen LogP contribution in [0.2, 0.25) is 0 Å². The minimum Gasteiger partial charge on any atom is -0.339 e. The van der Waals surface area contributed by atoms with Crippen LogP contribution in [-0.2, 0) is 4.79 Å². The van der Waals surface area contributed by atoms with Gasteiger partial charge in [-0.25, -0.2) is 9.67 Å². The van der Waals surface area contributed by atoms with Gasteiger partial charge in [-0.2, -0.15) is 5.10 Å². The first-order chi connectivity index (χ1) is 13.7. The molecule has 2 amide bonds. The molecule has 0 saturated carbocycles. The average Bonchev–Trinajstić information content (AvgIpc) is 3.29. The van der Waals surface area contributed by atoms with Gasteiger partial charge in [-0.1, -0.05) is 18.2 Å². The third-order valence-corrected chi connectivity index (χ3v) is 4.93. The van der Waals surface area contributed by atoms with Crippen molar-refractivity contribution in [2.45, 2.75) is 12.8 Å². The van der Waals surface area contributed by atoms with Gasteiger partial charge >= 0.3 is 0 Å². The van der Waals surface area contributed by atoms with E-state index >= 15 is 0 Å². The van der Waals surface area contributed by atoms with Crippen LogP contribution in [0.25, 0.3) is 5.82 Å². The summed E-state index contributed by atoms with van der Waals surface area (Å²) in [5.41, 5.74) is 1.34. The number of hydrogen-bond acceptors (Lipinski definition) is 4. The molecule has 1 aliphatic rings. The third-order valence-electron chi connectivity index (χ3n) is 4.93. The summed E-state index contributed by atoms with van der Waals surface area (Å²) in [6.07, 6.45) is 6.37. The summed E-state index contributed by atoms with van der Waals surface area (Å²) in [7, 11) is 0. The van der Waals surface area contributed by atoms with Crippen LogP contribution >= 0.6 is 0 Å². The minimum absolute atomic E-state index is 0.0172. The van der Waals surface area contributed by atoms with Crippen LogP contribution in [0.1, 0.15) is 23.2 Å². The largest absolute Gasteiger partial charge is 0.339 e. The molecule has 0 radical (unpaired) electrons. The summed E-state index contributed by atoms with van der Waals surface area (Å²) >= 11 is 0. The number of nitrogens with one attached hydrogen (secondary N) is 1. The molecule has 0 unspecified atom stereocenters. The standard InChI is InChI=1S/C21H21N5O2/c27-20(24-18-5-2-1-3-6-18)16-9-13-25(14-10-16)21(28)17-7-8-19(22-15-17)26-12-4-11-23-26/h1-8,11-12,15-16H,9-10,13-14H2,(H,24,27). The Morgan fingerprint density at radius 1 is 1.00 bits per heavy atom. The number of benzene rings is 1. The van der Waals surface area contributed by atoms with E-state index in [0.717, 1.165) is 5.69 Å². The van der Waals surface area contributed by atoms with Crippen molar-refractivity contribution < 1.29 is 9.59 Å². The van der Waals surface area contributed by atoms with E-state index in [1.807, 2.05) is 36.4 Å². The third kappa shape index (κ3) is 3.93. The molecule has 7 nitrogen and oxygen atoms in total. The summed E-state index contributed by atoms with van der Waals surface area (Å²) in [5.74, 6) is 0.549. The van der Waals surface area contributed by atoms with Crippen LogP contribution in [0.5, 0.6) is 0 Å². The number of rotatable bonds is 4. The molecule has 2 aromatic heterocycles. The molecule has 1 aliphatic heterocycles. The van der Waals surface area contributed by atoms with Crippen LogP contribution in [0.4, 0.5) is 5.69 Å². The molecule has 1 aromatic carbocycles. The van der Waals surface area contributed by atoms with Gasteiger partial charge in [0.1, 0.15) is 0 Å². The van der Waals surface area contributed by atoms with Crippen LogP contribution in [0.15, 0.2) is 67.1 Å². The van der Waals surface area contributed by atoms with Gasteiger partial charge in [0.05, 0.1) is 5.56 Å². The molecular formula is C21H21N5O2. The number of carbonyl (C=O) groups excluding carboxylic acids is 2. The Morgan fingerprint density at radius 2 is 1.79 bits per heavy atom. The summed E-state index contributed by atoms with van der Waals surface area (Å²) in [5, 5.41) is 7.07. The monoisotopic (exact) mass is 375 g/mol. The van der Waals surface area contributed by atoms with Crippen molar-refractivity contribution in [3.63, 3.8) is 0 Å². The van der Waals surface area contributed by atoms with Gasteiger partial charge in [-0.3, -0.25) is 9.59 Å². The van der Waals surface area contributed by atoms with Crippen LogP contribution in [0, 0.1) is 5.92 Å². The lowest BCUT2D eigenvalue weighted by atomic mass is 9.95. The topological polar surface area (TPSA) is 80.1 Å². The van der Waals surface area contributed by atoms with E-state index in [9.17, 15) is 9.59 Å². The maximum absolute atomic E-state index is 12.7. The first-order valence-electron chi connectivity index (χ1n) is 9.32. The van der Waals surface area contributed by atoms with Crippen molar-refractivity contribution in [3.05, 3.63) is 72.7 Å². The highest BCUT2D eigenvalue weighted by Gasteiger charge is 2.28. The van der Waals surface area contributed by atoms with Gasteiger partial charge in [0.2, 0.25) is 5.91 Å². The number of carbonyl (C=O) groups is 2. The maximum Gasteiger partial charge on any atom is 0.255 e. The zero-order valence-corrected chi connectivity index (χ0v) is 15.4. The molecule has 7 heteroatoms. The molecule has 0 atom stereocenters. The number of para-hydroxylation sites is 1. The molecule has 1 fully saturated rings. The Hall–Kier alpha value is -3.48. The van der Waals surface area contributed by atoms with Crippen molar-refractivity contribution in [2.75, 3.05) is 18.4 Å². The zero-order valence-electron chi connectivity index (χ0n) is 15.4. The van der Waals surface area contributed by atoms with Crippen molar-refractivity contribution in [2.24, 2.45) is 5.92 Å². The molecule has 1 N–H and O–H groups in total. The summed E-state index contributed by atoms with van der Waals surface area (Å²) in [4.78, 5) is 31.3. The molecule has 1 saturated heterocycles. The number of amides is 2. The van der Waals surface area contributed by atoms with Crippen LogP contribution < -0.4 is 5.32 Å². The summed E-state index contributed by atoms with van der Waals surface area (Å²) in [6.45, 7) is 1.12. The van der Waals surface area contributed by atoms with E-state index in [0.29, 0.717) is 37.3 Å². The highest BCUT2D eigenvalue weighted by atomic mass is 16.2. The second-order valence-corrected chi connectivity index (χ2v) is 6.78. The Morgan fingerprint density at radius 3 is 2.43 bits per heavy atom. The molecule has 4 rings (SSSR count). The van der Waals surface area contributed by atoms with Gasteiger partial charge in [0.15, 0.2) is 5.82 Å². The molecule has 28 heavy (non-hydrogen) atoms. The van der Waals surface area contributed by atoms with Gasteiger partial charge in [-0.05, 0) is 43.2 Å². The molecule has 0 aliphatic carbocycles. The number of piperidine rings is 1. The molecule has 0 bridgehead atoms. The van der Waals surface area contributed by atoms with Crippen LogP contribution in [-0.4, -0.2) is 44.6 Å². The van der Waals surface area contributed by atoms with Gasteiger partial charge in [0.25, 0.3) is 5.91 Å². The quantitative estimate of drug-likeness (QED) is 0.760. The number of pyridine rings is 1. The lowest BCUT2D eigenvalue weighted by molar-refractivity contribution is -0.121. The predicted octanol–water partition coefficient (Wildman–Crippen LogP) is 2.76. The van der Waals surface area contributed by atoms with Crippen molar-refractivity contribution >= 4 is 17.5 Å². The Kier molecular flexibility index (Phi) is 5.14. The second kappa shape index (κ2) is 8.04. The zero-order chi connectivity index (χ0) is 19.3. The Labute approximate surface area is 163 Å². The van der Waals surface area contributed by atoms with Crippen molar-refractivity contribution in [3.8, 4) is 5.82 Å². The van der Waals surface area contributed by atoms with Gasteiger partial charge in [0, 0.05) is 43.3 Å². The SMILES string of the molecule is O=C(Nc1ccccc1)C1CCN(C(=O)c2ccc(-n3cccn3)nc2)CC1. The highest BCUT2D eigenvalue weighted by Crippen LogP contribution is 2.21. The summed E-state index contributed by atoms with van der Waals surface area (Å²) in [6, 6.07) is 14.8. The smallest absolute Gasteiger partial charge is 0.255 e. The maximum atomic E-state index is 12.7. The number of nitrogens with zero attached hydrogens (tertiary/aromatic N) is 4. The molecule has 3 heterocycles. The Bertz CT molecular complexity index is 931. The Balaban J connectivity index is 1.33. The van der Waals surface area contributed by atoms with Gasteiger partial charge in [-0.15, -0.1) is 0 Å². The number of anilines is 1. The predicted molar refractivity (Wildman–Crippen MR) is 105 cm³/mol. The van der Waals surface area contributed by atoms with E-state index < -0.39 is 0 Å². The lowest BCUT2D eigenvalue weighted by Crippen LogP contribution is -2.41. The highest BCUT2D eigenvalue weighted by molar-refractivity contribution is 5.95. The van der Waals surface area contributed by atoms with Crippen molar-refractivity contribution in [1.29, 1.82) is 0 Å². The number of hydrogen-bond donors (Lipinski definition) is 1. The first-order valence-corrected chi connectivity index (χ1v) is 9.32. The van der Waals surface area contributed by atoms with E-state index in [-0.39, 0.29) is 17.7 Å². The van der Waals surface area contributed by atoms with E-state index in [4.69, 9.17) is 0 Å². The second-order valence-electron chi connectivity index (χ2n) is 6.78. The fourth-order valence-corrected chi connectivity index (χ4v) is 3.35. The number of likely N-dealkylation sites (tertiary alicyclic amines) is 1.